The number of hydrogen-bond acceptors (Lipinski definition) is 2. The molecule has 0 heterocycles. The third-order valence-electron chi connectivity index (χ3n) is 16.8. The molecule has 8 atom stereocenters. The minimum absolute atomic E-state index is 0.0312. The first-order valence-electron chi connectivity index (χ1n) is 21.5. The molecule has 2 heteroatoms. The van der Waals surface area contributed by atoms with E-state index >= 15 is 0 Å². The molecule has 5 aliphatic carbocycles. The van der Waals surface area contributed by atoms with Gasteiger partial charge in [-0.2, -0.15) is 0 Å². The summed E-state index contributed by atoms with van der Waals surface area (Å²) in [7, 11) is 0. The zero-order valence-corrected chi connectivity index (χ0v) is 33.7. The predicted molar refractivity (Wildman–Crippen MR) is 205 cm³/mol. The van der Waals surface area contributed by atoms with Gasteiger partial charge in [-0.05, 0) is 115 Å². The van der Waals surface area contributed by atoms with E-state index in [-0.39, 0.29) is 17.5 Å². The summed E-state index contributed by atoms with van der Waals surface area (Å²) in [6.45, 7) is 23.0. The van der Waals surface area contributed by atoms with Crippen molar-refractivity contribution >= 4 is 5.97 Å². The Morgan fingerprint density at radius 1 is 0.688 bits per heavy atom. The molecule has 4 fully saturated rings. The molecule has 0 spiro atoms. The highest BCUT2D eigenvalue weighted by Gasteiger charge is 2.68. The maximum atomic E-state index is 13.2. The molecule has 0 saturated heterocycles. The van der Waals surface area contributed by atoms with Crippen molar-refractivity contribution in [1.29, 1.82) is 0 Å². The van der Waals surface area contributed by atoms with Crippen LogP contribution in [0.5, 0.6) is 0 Å². The van der Waals surface area contributed by atoms with E-state index in [9.17, 15) is 4.79 Å². The van der Waals surface area contributed by atoms with Crippen molar-refractivity contribution < 1.29 is 9.53 Å². The van der Waals surface area contributed by atoms with Gasteiger partial charge in [-0.15, -0.1) is 0 Å². The lowest BCUT2D eigenvalue weighted by atomic mass is 9.33. The number of rotatable bonds is 15. The number of hydrogen-bond donors (Lipinski definition) is 0. The lowest BCUT2D eigenvalue weighted by Gasteiger charge is -2.71. The van der Waals surface area contributed by atoms with Gasteiger partial charge in [0.25, 0.3) is 0 Å². The first kappa shape index (κ1) is 38.4. The average Bonchev–Trinajstić information content (AvgIpc) is 3.02. The van der Waals surface area contributed by atoms with Gasteiger partial charge in [0.05, 0.1) is 0 Å². The molecular weight excluding hydrogens is 585 g/mol. The Morgan fingerprint density at radius 3 is 1.90 bits per heavy atom. The van der Waals surface area contributed by atoms with Crippen molar-refractivity contribution in [2.75, 3.05) is 0 Å². The van der Waals surface area contributed by atoms with Gasteiger partial charge in [0.1, 0.15) is 6.10 Å². The topological polar surface area (TPSA) is 26.3 Å². The fraction of sp³-hybridized carbons (Fsp3) is 0.935. The standard InChI is InChI=1S/C46H80O2/c1-10-11-12-13-14-15-16-17-18-19-20-21-22-23-40(47)48-39-27-28-44(7)37(42(39,4)5)26-29-46(9)38(44)25-24-35-36-34-41(2,3)30-31-43(36,6)32-33-45(35,46)8/h24,36-39H,10-23,25-34H2,1-9H3/t36-,37-,38+,39?,43-,44+,45-,46-/m1/s1. The summed E-state index contributed by atoms with van der Waals surface area (Å²) in [5.41, 5.74) is 3.87. The second-order valence-corrected chi connectivity index (χ2v) is 20.7. The lowest BCUT2D eigenvalue weighted by molar-refractivity contribution is -0.212. The molecule has 1 unspecified atom stereocenters. The van der Waals surface area contributed by atoms with E-state index < -0.39 is 0 Å². The smallest absolute Gasteiger partial charge is 0.306 e. The van der Waals surface area contributed by atoms with Crippen molar-refractivity contribution in [3.05, 3.63) is 11.6 Å². The van der Waals surface area contributed by atoms with Crippen molar-refractivity contribution in [2.24, 2.45) is 50.2 Å². The van der Waals surface area contributed by atoms with E-state index in [0.29, 0.717) is 39.4 Å². The van der Waals surface area contributed by atoms with Crippen LogP contribution in [0.4, 0.5) is 0 Å². The van der Waals surface area contributed by atoms with Crippen LogP contribution in [-0.2, 0) is 9.53 Å². The number of allylic oxidation sites excluding steroid dienone is 2. The van der Waals surface area contributed by atoms with Crippen LogP contribution < -0.4 is 0 Å². The Bertz CT molecular complexity index is 1120. The van der Waals surface area contributed by atoms with Crippen LogP contribution in [0.3, 0.4) is 0 Å². The minimum atomic E-state index is 0.0312. The summed E-state index contributed by atoms with van der Waals surface area (Å²) < 4.78 is 6.41. The summed E-state index contributed by atoms with van der Waals surface area (Å²) in [5.74, 6) is 2.18. The van der Waals surface area contributed by atoms with E-state index in [1.165, 1.54) is 135 Å². The van der Waals surface area contributed by atoms with Gasteiger partial charge in [-0.3, -0.25) is 4.79 Å². The molecule has 0 amide bonds. The van der Waals surface area contributed by atoms with E-state index in [4.69, 9.17) is 4.74 Å². The largest absolute Gasteiger partial charge is 0.462 e. The Morgan fingerprint density at radius 2 is 1.27 bits per heavy atom. The monoisotopic (exact) mass is 665 g/mol. The number of ether oxygens (including phenoxy) is 1. The number of fused-ring (bicyclic) bond motifs is 7. The SMILES string of the molecule is CCCCCCCCCCCCCCCC(=O)OC1CC[C@@]2(C)[C@H](CC[C@]3(C)[C@H]2CC=C2[C@H]4CC(C)(C)CC[C@]4(C)CC[C@]23C)C1(C)C. The summed E-state index contributed by atoms with van der Waals surface area (Å²) in [4.78, 5) is 13.2. The molecule has 4 saturated carbocycles. The van der Waals surface area contributed by atoms with Gasteiger partial charge in [0, 0.05) is 11.8 Å². The van der Waals surface area contributed by atoms with Crippen LogP contribution in [0.25, 0.3) is 0 Å². The molecule has 48 heavy (non-hydrogen) atoms. The van der Waals surface area contributed by atoms with E-state index in [1.807, 2.05) is 5.57 Å². The molecule has 0 aromatic carbocycles. The molecule has 0 aromatic heterocycles. The molecule has 0 radical (unpaired) electrons. The zero-order valence-electron chi connectivity index (χ0n) is 33.7. The number of esters is 1. The zero-order chi connectivity index (χ0) is 34.8. The second kappa shape index (κ2) is 15.1. The van der Waals surface area contributed by atoms with Crippen LogP contribution in [0.2, 0.25) is 0 Å². The molecule has 276 valence electrons. The normalized spacial score (nSPS) is 39.7. The van der Waals surface area contributed by atoms with Crippen molar-refractivity contribution in [3.63, 3.8) is 0 Å². The van der Waals surface area contributed by atoms with Gasteiger partial charge in [-0.1, -0.05) is 151 Å². The van der Waals surface area contributed by atoms with Crippen LogP contribution >= 0.6 is 0 Å². The third-order valence-corrected chi connectivity index (χ3v) is 16.8. The van der Waals surface area contributed by atoms with Crippen molar-refractivity contribution in [1.82, 2.24) is 0 Å². The van der Waals surface area contributed by atoms with Gasteiger partial charge in [-0.25, -0.2) is 0 Å². The molecule has 0 aromatic rings. The predicted octanol–water partition coefficient (Wildman–Crippen LogP) is 14.2. The quantitative estimate of drug-likeness (QED) is 0.0989. The van der Waals surface area contributed by atoms with Crippen LogP contribution in [0.1, 0.15) is 216 Å². The lowest BCUT2D eigenvalue weighted by Crippen LogP contribution is -2.64. The Balaban J connectivity index is 1.12. The van der Waals surface area contributed by atoms with Gasteiger partial charge in [0.2, 0.25) is 0 Å². The van der Waals surface area contributed by atoms with Crippen LogP contribution in [-0.4, -0.2) is 12.1 Å². The Kier molecular flexibility index (Phi) is 12.1. The minimum Gasteiger partial charge on any atom is -0.462 e. The molecule has 5 aliphatic rings. The van der Waals surface area contributed by atoms with Crippen LogP contribution in [0, 0.1) is 50.2 Å². The van der Waals surface area contributed by atoms with E-state index in [1.54, 1.807) is 0 Å². The van der Waals surface area contributed by atoms with Crippen LogP contribution in [0.15, 0.2) is 11.6 Å². The second-order valence-electron chi connectivity index (χ2n) is 20.7. The van der Waals surface area contributed by atoms with E-state index in [0.717, 1.165) is 24.7 Å². The number of carbonyl (C=O) groups is 1. The molecule has 0 aliphatic heterocycles. The molecule has 0 bridgehead atoms. The fourth-order valence-corrected chi connectivity index (χ4v) is 13.2. The summed E-state index contributed by atoms with van der Waals surface area (Å²) in [6, 6.07) is 0. The number of carbonyl (C=O) groups excluding carboxylic acids is 1. The Labute approximate surface area is 299 Å². The molecular formula is C46H80O2. The summed E-state index contributed by atoms with van der Waals surface area (Å²) >= 11 is 0. The Hall–Kier alpha value is -0.790. The molecule has 5 rings (SSSR count). The maximum Gasteiger partial charge on any atom is 0.306 e. The average molecular weight is 665 g/mol. The summed E-state index contributed by atoms with van der Waals surface area (Å²) in [5, 5.41) is 0. The molecule has 0 N–H and O–H groups in total. The van der Waals surface area contributed by atoms with Gasteiger partial charge in [0.15, 0.2) is 0 Å². The highest BCUT2D eigenvalue weighted by Crippen LogP contribution is 2.75. The van der Waals surface area contributed by atoms with Gasteiger partial charge < -0.3 is 4.74 Å². The summed E-state index contributed by atoms with van der Waals surface area (Å²) in [6.07, 6.45) is 34.0. The fourth-order valence-electron chi connectivity index (χ4n) is 13.2. The first-order chi connectivity index (χ1) is 22.6. The van der Waals surface area contributed by atoms with Crippen molar-refractivity contribution in [2.45, 2.75) is 223 Å². The highest BCUT2D eigenvalue weighted by molar-refractivity contribution is 5.69. The van der Waals surface area contributed by atoms with E-state index in [2.05, 4.69) is 68.4 Å². The highest BCUT2D eigenvalue weighted by atomic mass is 16.5. The third kappa shape index (κ3) is 7.41. The number of unbranched alkanes of at least 4 members (excludes halogenated alkanes) is 12. The molecule has 2 nitrogen and oxygen atoms in total. The van der Waals surface area contributed by atoms with Crippen molar-refractivity contribution in [3.8, 4) is 0 Å². The first-order valence-corrected chi connectivity index (χ1v) is 21.5. The maximum absolute atomic E-state index is 13.2. The van der Waals surface area contributed by atoms with Gasteiger partial charge >= 0.3 is 5.97 Å².